The van der Waals surface area contributed by atoms with Crippen LogP contribution in [0.3, 0.4) is 0 Å². The fourth-order valence-electron chi connectivity index (χ4n) is 7.30. The predicted molar refractivity (Wildman–Crippen MR) is 183 cm³/mol. The summed E-state index contributed by atoms with van der Waals surface area (Å²) in [5.41, 5.74) is 3.88. The van der Waals surface area contributed by atoms with E-state index in [2.05, 4.69) is 47.2 Å². The molecule has 2 saturated carbocycles. The number of rotatable bonds is 7. The Morgan fingerprint density at radius 1 is 0.582 bits per heavy atom. The molecule has 4 aliphatic rings. The van der Waals surface area contributed by atoms with Crippen LogP contribution in [0.25, 0.3) is 0 Å². The van der Waals surface area contributed by atoms with E-state index in [1.54, 1.807) is 0 Å². The van der Waals surface area contributed by atoms with Gasteiger partial charge < -0.3 is 0 Å². The number of alkyl halides is 12. The van der Waals surface area contributed by atoms with Crippen molar-refractivity contribution in [1.82, 2.24) is 0 Å². The second-order valence-electron chi connectivity index (χ2n) is 13.3. The molecule has 294 valence electrons. The van der Waals surface area contributed by atoms with E-state index in [0.717, 1.165) is 64.2 Å². The zero-order chi connectivity index (χ0) is 39.5. The van der Waals surface area contributed by atoms with E-state index in [1.807, 2.05) is 6.92 Å². The Morgan fingerprint density at radius 2 is 0.982 bits per heavy atom. The van der Waals surface area contributed by atoms with E-state index in [1.165, 1.54) is 0 Å². The van der Waals surface area contributed by atoms with Crippen LogP contribution in [0.4, 0.5) is 52.7 Å². The van der Waals surface area contributed by atoms with E-state index >= 15 is 0 Å². The first-order chi connectivity index (χ1) is 25.2. The van der Waals surface area contributed by atoms with Gasteiger partial charge in [-0.1, -0.05) is 59.0 Å². The monoisotopic (exact) mass is 858 g/mol. The molecular weight excluding hydrogens is 826 g/mol. The summed E-state index contributed by atoms with van der Waals surface area (Å²) in [7, 11) is -3.75. The van der Waals surface area contributed by atoms with Crippen LogP contribution in [0.2, 0.25) is 0 Å². The summed E-state index contributed by atoms with van der Waals surface area (Å²) in [6, 6.07) is 1.30. The third-order valence-electron chi connectivity index (χ3n) is 9.69. The van der Waals surface area contributed by atoms with Crippen LogP contribution in [0, 0.1) is 24.3 Å². The van der Waals surface area contributed by atoms with Gasteiger partial charge in [0.15, 0.2) is 0 Å². The second-order valence-corrected chi connectivity index (χ2v) is 18.6. The van der Waals surface area contributed by atoms with Gasteiger partial charge in [-0.2, -0.15) is 64.3 Å². The zero-order valence-electron chi connectivity index (χ0n) is 29.1. The Labute approximate surface area is 324 Å². The summed E-state index contributed by atoms with van der Waals surface area (Å²) in [6.45, 7) is 1.89. The van der Waals surface area contributed by atoms with E-state index < -0.39 is 73.4 Å². The molecule has 15 heteroatoms. The van der Waals surface area contributed by atoms with E-state index in [4.69, 9.17) is 0 Å². The average molecular weight is 858 g/mol. The Morgan fingerprint density at radius 3 is 1.29 bits per heavy atom. The van der Waals surface area contributed by atoms with Gasteiger partial charge in [0, 0.05) is 0 Å². The molecule has 2 fully saturated rings. The van der Waals surface area contributed by atoms with Crippen molar-refractivity contribution < 1.29 is 69.8 Å². The van der Waals surface area contributed by atoms with Crippen LogP contribution in [-0.4, -0.2) is 17.0 Å². The summed E-state index contributed by atoms with van der Waals surface area (Å²) in [5, 5.41) is -1.48. The number of hydrogen-bond donors (Lipinski definition) is 0. The van der Waals surface area contributed by atoms with Crippen molar-refractivity contribution in [2.75, 3.05) is 0 Å². The molecule has 0 nitrogen and oxygen atoms in total. The Bertz CT molecular complexity index is 1740. The van der Waals surface area contributed by atoms with Crippen LogP contribution in [0.1, 0.15) is 93.4 Å². The number of allylic oxidation sites excluding steroid dienone is 5. The van der Waals surface area contributed by atoms with Crippen LogP contribution in [0.15, 0.2) is 70.2 Å². The third-order valence-corrected chi connectivity index (χ3v) is 15.9. The molecule has 55 heavy (non-hydrogen) atoms. The smallest absolute Gasteiger partial charge is 0.288 e. The molecule has 0 bridgehead atoms. The van der Waals surface area contributed by atoms with Crippen LogP contribution >= 0.6 is 15.8 Å². The molecule has 4 aliphatic carbocycles. The van der Waals surface area contributed by atoms with E-state index in [0.29, 0.717) is 41.2 Å². The van der Waals surface area contributed by atoms with Gasteiger partial charge in [0.05, 0.1) is 22.3 Å². The van der Waals surface area contributed by atoms with Crippen molar-refractivity contribution in [3.8, 4) is 0 Å². The largest absolute Gasteiger partial charge is 2.00 e. The summed E-state index contributed by atoms with van der Waals surface area (Å²) in [4.78, 5) is 0. The predicted octanol–water partition coefficient (Wildman–Crippen LogP) is 12.9. The summed E-state index contributed by atoms with van der Waals surface area (Å²) in [6.07, 6.45) is -0.770. The van der Waals surface area contributed by atoms with Gasteiger partial charge in [0.1, 0.15) is 0 Å². The number of hydrogen-bond acceptors (Lipinski definition) is 0. The number of benzene rings is 2. The first-order valence-electron chi connectivity index (χ1n) is 17.2. The zero-order valence-corrected chi connectivity index (χ0v) is 31.9. The van der Waals surface area contributed by atoms with E-state index in [-0.39, 0.29) is 40.2 Å². The average Bonchev–Trinajstić information content (AvgIpc) is 3.84. The Hall–Kier alpha value is -2.68. The van der Waals surface area contributed by atoms with Gasteiger partial charge in [0.25, 0.3) is 0 Å². The maximum absolute atomic E-state index is 14.0. The van der Waals surface area contributed by atoms with Gasteiger partial charge in [0.2, 0.25) is 0 Å². The first kappa shape index (κ1) is 45.0. The molecule has 0 aliphatic heterocycles. The van der Waals surface area contributed by atoms with E-state index in [9.17, 15) is 52.7 Å². The molecule has 6 rings (SSSR count). The fourth-order valence-corrected chi connectivity index (χ4v) is 14.2. The summed E-state index contributed by atoms with van der Waals surface area (Å²) in [5.74, 6) is 0. The Balaban J connectivity index is 0.00000104. The molecular formula is C40H32F12FeP2. The van der Waals surface area contributed by atoms with Crippen molar-refractivity contribution in [1.29, 1.82) is 0 Å². The Kier molecular flexibility index (Phi) is 15.0. The molecule has 0 spiro atoms. The van der Waals surface area contributed by atoms with Gasteiger partial charge >= 0.3 is 41.8 Å². The van der Waals surface area contributed by atoms with Gasteiger partial charge in [-0.15, -0.1) is 31.5 Å². The second kappa shape index (κ2) is 18.3. The minimum Gasteiger partial charge on any atom is -0.288 e. The molecule has 2 aromatic carbocycles. The molecule has 0 N–H and O–H groups in total. The van der Waals surface area contributed by atoms with Crippen molar-refractivity contribution in [3.63, 3.8) is 0 Å². The summed E-state index contributed by atoms with van der Waals surface area (Å²) < 4.78 is 168. The maximum atomic E-state index is 14.0. The quantitative estimate of drug-likeness (QED) is 0.0856. The van der Waals surface area contributed by atoms with Crippen LogP contribution in [-0.2, 0) is 41.8 Å². The maximum Gasteiger partial charge on any atom is 2.00 e. The van der Waals surface area contributed by atoms with Crippen molar-refractivity contribution >= 4 is 26.5 Å². The molecule has 1 atom stereocenters. The van der Waals surface area contributed by atoms with Crippen molar-refractivity contribution in [2.24, 2.45) is 0 Å². The standard InChI is InChI=1S/C35H32F12P2.C5.Fe/c1-21(48(26-9-4-2-5-10-26)27-11-6-3-7-12-27)30-13-8-14-31(30)49(28-17-22(32(36,37)38)15-23(18-28)33(39,40)41)29-19-24(34(42,43)44)16-25(20-29)35(45,46)47;1-2-4-5-3-1;/h15-21,26-27H,2-7,9-12H2,1H3;;/q2*-1;+2/t21-;;/m1../s1. The first-order valence-corrected chi connectivity index (χ1v) is 20.1. The minimum absolute atomic E-state index is 0. The molecule has 2 aromatic rings. The fraction of sp³-hybridized carbons (Fsp3) is 0.450. The van der Waals surface area contributed by atoms with Crippen molar-refractivity contribution in [2.45, 2.75) is 113 Å². The molecule has 0 saturated heterocycles. The molecule has 0 heterocycles. The normalized spacial score (nSPS) is 18.4. The molecule has 0 amide bonds. The van der Waals surface area contributed by atoms with Gasteiger partial charge in [-0.25, -0.2) is 5.73 Å². The van der Waals surface area contributed by atoms with Crippen LogP contribution < -0.4 is 10.6 Å². The molecule has 2 radical (unpaired) electrons. The molecule has 0 unspecified atom stereocenters. The third kappa shape index (κ3) is 11.5. The van der Waals surface area contributed by atoms with Gasteiger partial charge in [-0.3, -0.25) is 17.2 Å². The SMILES string of the molecule is C[C@H](C1=[C][C-]=C=C1P(c1cc(C(F)(F)F)cc(C(F)(F)F)c1)c1cc(C(F)(F)F)cc(C(F)(F)F)c1)P(C1CCCCC1)C1CCCCC1.[C]1=C=C=C=[C-]1.[Fe+2]. The van der Waals surface area contributed by atoms with Crippen LogP contribution in [0.5, 0.6) is 0 Å². The topological polar surface area (TPSA) is 0 Å². The van der Waals surface area contributed by atoms with Crippen molar-refractivity contribution in [3.05, 3.63) is 117 Å². The summed E-state index contributed by atoms with van der Waals surface area (Å²) >= 11 is 0. The minimum atomic E-state index is -5.30. The number of halogens is 12. The molecule has 0 aromatic heterocycles. The van der Waals surface area contributed by atoms with Gasteiger partial charge in [-0.05, 0) is 84.0 Å².